The molecular weight excluding hydrogens is 283 g/mol. The first-order chi connectivity index (χ1) is 10.0. The molecule has 2 unspecified atom stereocenters. The number of alkyl halides is 3. The van der Waals surface area contributed by atoms with Crippen LogP contribution in [0.3, 0.4) is 0 Å². The standard InChI is InChI=1S/C14H22F3N3O/c1-2-18-8-4-7-12-19-20-13(21-12)10-5-3-6-11(9-10)14(15,16)17/h10-11,18H,2-9H2,1H3. The molecule has 2 rings (SSSR count). The van der Waals surface area contributed by atoms with E-state index in [1.807, 2.05) is 6.92 Å². The van der Waals surface area contributed by atoms with Crippen molar-refractivity contribution in [1.82, 2.24) is 15.5 Å². The van der Waals surface area contributed by atoms with Crippen molar-refractivity contribution in [3.05, 3.63) is 11.8 Å². The summed E-state index contributed by atoms with van der Waals surface area (Å²) in [5.74, 6) is -0.583. The summed E-state index contributed by atoms with van der Waals surface area (Å²) in [7, 11) is 0. The Morgan fingerprint density at radius 1 is 1.29 bits per heavy atom. The summed E-state index contributed by atoms with van der Waals surface area (Å²) >= 11 is 0. The summed E-state index contributed by atoms with van der Waals surface area (Å²) < 4.78 is 44.0. The molecule has 0 saturated heterocycles. The highest BCUT2D eigenvalue weighted by Gasteiger charge is 2.43. The number of hydrogen-bond donors (Lipinski definition) is 1. The lowest BCUT2D eigenvalue weighted by atomic mass is 9.81. The van der Waals surface area contributed by atoms with E-state index in [1.165, 1.54) is 0 Å². The highest BCUT2D eigenvalue weighted by molar-refractivity contribution is 4.96. The van der Waals surface area contributed by atoms with Crippen molar-refractivity contribution in [3.63, 3.8) is 0 Å². The average Bonchev–Trinajstić information content (AvgIpc) is 2.92. The summed E-state index contributed by atoms with van der Waals surface area (Å²) in [6.07, 6.45) is -1.03. The molecule has 1 aromatic heterocycles. The van der Waals surface area contributed by atoms with Crippen LogP contribution in [0, 0.1) is 5.92 Å². The third-order valence-electron chi connectivity index (χ3n) is 3.96. The van der Waals surface area contributed by atoms with Crippen LogP contribution in [0.1, 0.15) is 56.7 Å². The second-order valence-corrected chi connectivity index (χ2v) is 5.59. The van der Waals surface area contributed by atoms with Crippen LogP contribution < -0.4 is 5.32 Å². The minimum absolute atomic E-state index is 0.0719. The molecule has 0 amide bonds. The van der Waals surface area contributed by atoms with Crippen molar-refractivity contribution in [2.75, 3.05) is 13.1 Å². The zero-order valence-electron chi connectivity index (χ0n) is 12.2. The van der Waals surface area contributed by atoms with Crippen molar-refractivity contribution >= 4 is 0 Å². The van der Waals surface area contributed by atoms with E-state index in [0.29, 0.717) is 31.0 Å². The number of hydrogen-bond acceptors (Lipinski definition) is 4. The summed E-state index contributed by atoms with van der Waals surface area (Å²) in [6, 6.07) is 0. The Kier molecular flexibility index (Phi) is 5.61. The van der Waals surface area contributed by atoms with Crippen LogP contribution in [0.4, 0.5) is 13.2 Å². The van der Waals surface area contributed by atoms with Crippen molar-refractivity contribution in [2.24, 2.45) is 5.92 Å². The Hall–Kier alpha value is -1.11. The topological polar surface area (TPSA) is 51.0 Å². The Labute approximate surface area is 122 Å². The van der Waals surface area contributed by atoms with Gasteiger partial charge < -0.3 is 9.73 Å². The first-order valence-corrected chi connectivity index (χ1v) is 7.60. The molecule has 0 aromatic carbocycles. The molecule has 1 aromatic rings. The largest absolute Gasteiger partial charge is 0.425 e. The van der Waals surface area contributed by atoms with Gasteiger partial charge in [0.15, 0.2) is 0 Å². The maximum absolute atomic E-state index is 12.8. The number of aryl methyl sites for hydroxylation is 1. The van der Waals surface area contributed by atoms with E-state index >= 15 is 0 Å². The van der Waals surface area contributed by atoms with Gasteiger partial charge in [-0.2, -0.15) is 13.2 Å². The third kappa shape index (κ3) is 4.69. The van der Waals surface area contributed by atoms with Crippen LogP contribution in [0.5, 0.6) is 0 Å². The Morgan fingerprint density at radius 2 is 2.10 bits per heavy atom. The highest BCUT2D eigenvalue weighted by atomic mass is 19.4. The molecule has 2 atom stereocenters. The van der Waals surface area contributed by atoms with Gasteiger partial charge in [0.05, 0.1) is 5.92 Å². The Balaban J connectivity index is 1.88. The molecular formula is C14H22F3N3O. The molecule has 120 valence electrons. The van der Waals surface area contributed by atoms with Gasteiger partial charge in [0, 0.05) is 12.3 Å². The number of halogens is 3. The molecule has 1 heterocycles. The van der Waals surface area contributed by atoms with E-state index in [2.05, 4.69) is 15.5 Å². The van der Waals surface area contributed by atoms with Gasteiger partial charge in [-0.25, -0.2) is 0 Å². The lowest BCUT2D eigenvalue weighted by molar-refractivity contribution is -0.183. The maximum atomic E-state index is 12.8. The fraction of sp³-hybridized carbons (Fsp3) is 0.857. The van der Waals surface area contributed by atoms with E-state index in [9.17, 15) is 13.2 Å². The molecule has 0 spiro atoms. The number of rotatable bonds is 6. The van der Waals surface area contributed by atoms with Gasteiger partial charge in [-0.1, -0.05) is 13.3 Å². The van der Waals surface area contributed by atoms with Gasteiger partial charge in [-0.05, 0) is 38.8 Å². The number of nitrogens with zero attached hydrogens (tertiary/aromatic N) is 2. The van der Waals surface area contributed by atoms with Gasteiger partial charge in [0.25, 0.3) is 0 Å². The summed E-state index contributed by atoms with van der Waals surface area (Å²) in [4.78, 5) is 0. The second kappa shape index (κ2) is 7.24. The van der Waals surface area contributed by atoms with E-state index in [1.54, 1.807) is 0 Å². The average molecular weight is 305 g/mol. The third-order valence-corrected chi connectivity index (χ3v) is 3.96. The second-order valence-electron chi connectivity index (χ2n) is 5.59. The predicted octanol–water partition coefficient (Wildman–Crippen LogP) is 3.45. The van der Waals surface area contributed by atoms with Gasteiger partial charge in [-0.3, -0.25) is 0 Å². The number of nitrogens with one attached hydrogen (secondary N) is 1. The van der Waals surface area contributed by atoms with Crippen LogP contribution in [0.25, 0.3) is 0 Å². The molecule has 1 saturated carbocycles. The molecule has 1 fully saturated rings. The van der Waals surface area contributed by atoms with E-state index in [4.69, 9.17) is 4.42 Å². The molecule has 7 heteroatoms. The maximum Gasteiger partial charge on any atom is 0.391 e. The lowest BCUT2D eigenvalue weighted by Crippen LogP contribution is -2.28. The molecule has 4 nitrogen and oxygen atoms in total. The van der Waals surface area contributed by atoms with Crippen molar-refractivity contribution in [2.45, 2.75) is 57.5 Å². The van der Waals surface area contributed by atoms with Crippen LogP contribution in [0.15, 0.2) is 4.42 Å². The molecule has 0 aliphatic heterocycles. The van der Waals surface area contributed by atoms with E-state index in [-0.39, 0.29) is 18.8 Å². The Bertz CT molecular complexity index is 433. The summed E-state index contributed by atoms with van der Waals surface area (Å²) in [5, 5.41) is 11.1. The van der Waals surface area contributed by atoms with Gasteiger partial charge in [0.1, 0.15) is 0 Å². The smallest absolute Gasteiger partial charge is 0.391 e. The van der Waals surface area contributed by atoms with Gasteiger partial charge >= 0.3 is 6.18 Å². The van der Waals surface area contributed by atoms with Gasteiger partial charge in [0.2, 0.25) is 11.8 Å². The first-order valence-electron chi connectivity index (χ1n) is 7.60. The fourth-order valence-electron chi connectivity index (χ4n) is 2.79. The first kappa shape index (κ1) is 16.3. The molecule has 1 aliphatic rings. The quantitative estimate of drug-likeness (QED) is 0.818. The lowest BCUT2D eigenvalue weighted by Gasteiger charge is -2.28. The highest BCUT2D eigenvalue weighted by Crippen LogP contribution is 2.43. The molecule has 1 N–H and O–H groups in total. The number of aromatic nitrogens is 2. The van der Waals surface area contributed by atoms with Crippen LogP contribution in [-0.2, 0) is 6.42 Å². The van der Waals surface area contributed by atoms with E-state index in [0.717, 1.165) is 19.5 Å². The molecule has 21 heavy (non-hydrogen) atoms. The summed E-state index contributed by atoms with van der Waals surface area (Å²) in [5.41, 5.74) is 0. The zero-order chi connectivity index (χ0) is 15.3. The molecule has 1 aliphatic carbocycles. The molecule has 0 radical (unpaired) electrons. The van der Waals surface area contributed by atoms with Crippen molar-refractivity contribution < 1.29 is 17.6 Å². The zero-order valence-corrected chi connectivity index (χ0v) is 12.2. The Morgan fingerprint density at radius 3 is 2.81 bits per heavy atom. The van der Waals surface area contributed by atoms with Crippen molar-refractivity contribution in [1.29, 1.82) is 0 Å². The minimum Gasteiger partial charge on any atom is -0.425 e. The minimum atomic E-state index is -4.12. The van der Waals surface area contributed by atoms with Crippen LogP contribution in [-0.4, -0.2) is 29.5 Å². The normalized spacial score (nSPS) is 23.4. The van der Waals surface area contributed by atoms with Crippen LogP contribution >= 0.6 is 0 Å². The monoisotopic (exact) mass is 305 g/mol. The van der Waals surface area contributed by atoms with Crippen molar-refractivity contribution in [3.8, 4) is 0 Å². The van der Waals surface area contributed by atoms with E-state index < -0.39 is 12.1 Å². The predicted molar refractivity (Wildman–Crippen MR) is 71.9 cm³/mol. The summed E-state index contributed by atoms with van der Waals surface area (Å²) in [6.45, 7) is 3.81. The fourth-order valence-corrected chi connectivity index (χ4v) is 2.79. The molecule has 0 bridgehead atoms. The van der Waals surface area contributed by atoms with Crippen LogP contribution in [0.2, 0.25) is 0 Å². The SMILES string of the molecule is CCNCCCc1nnc(C2CCCC(C(F)(F)F)C2)o1. The van der Waals surface area contributed by atoms with Gasteiger partial charge in [-0.15, -0.1) is 10.2 Å².